The van der Waals surface area contributed by atoms with Crippen molar-refractivity contribution in [1.82, 2.24) is 0 Å². The molecule has 2 heteroatoms. The molecule has 1 N–H and O–H groups in total. The minimum absolute atomic E-state index is 0.245. The minimum atomic E-state index is -0.245. The summed E-state index contributed by atoms with van der Waals surface area (Å²) in [7, 11) is 0. The van der Waals surface area contributed by atoms with Crippen LogP contribution >= 0.6 is 15.9 Å². The molecule has 0 aliphatic carbocycles. The highest BCUT2D eigenvalue weighted by Gasteiger charge is 2.22. The molecule has 17 heavy (non-hydrogen) atoms. The number of hydrogen-bond acceptors (Lipinski definition) is 1. The van der Waals surface area contributed by atoms with E-state index in [0.29, 0.717) is 5.92 Å². The first kappa shape index (κ1) is 14.7. The number of rotatable bonds is 4. The van der Waals surface area contributed by atoms with Gasteiger partial charge in [-0.1, -0.05) is 55.8 Å². The van der Waals surface area contributed by atoms with E-state index < -0.39 is 0 Å². The van der Waals surface area contributed by atoms with Crippen LogP contribution in [0.2, 0.25) is 0 Å². The maximum Gasteiger partial charge on any atom is 0.0583 e. The van der Waals surface area contributed by atoms with E-state index in [-0.39, 0.29) is 11.5 Å². The molecule has 0 fully saturated rings. The Kier molecular flexibility index (Phi) is 5.21. The normalized spacial score (nSPS) is 15.6. The van der Waals surface area contributed by atoms with Crippen molar-refractivity contribution in [3.8, 4) is 0 Å². The topological polar surface area (TPSA) is 20.2 Å². The van der Waals surface area contributed by atoms with Gasteiger partial charge in [-0.15, -0.1) is 0 Å². The molecule has 0 aromatic heterocycles. The van der Waals surface area contributed by atoms with Crippen LogP contribution in [-0.4, -0.2) is 11.2 Å². The summed E-state index contributed by atoms with van der Waals surface area (Å²) in [5.74, 6) is 0.521. The van der Waals surface area contributed by atoms with Gasteiger partial charge in [0.2, 0.25) is 0 Å². The molecule has 0 saturated carbocycles. The van der Waals surface area contributed by atoms with Crippen molar-refractivity contribution < 1.29 is 5.11 Å². The van der Waals surface area contributed by atoms with Gasteiger partial charge >= 0.3 is 0 Å². The van der Waals surface area contributed by atoms with E-state index in [9.17, 15) is 5.11 Å². The van der Waals surface area contributed by atoms with Crippen LogP contribution in [0.4, 0.5) is 0 Å². The molecule has 2 unspecified atom stereocenters. The summed E-state index contributed by atoms with van der Waals surface area (Å²) in [6, 6.07) is 8.18. The molecule has 2 atom stereocenters. The quantitative estimate of drug-likeness (QED) is 0.872. The third-order valence-corrected chi connectivity index (χ3v) is 4.02. The fourth-order valence-electron chi connectivity index (χ4n) is 1.74. The van der Waals surface area contributed by atoms with Gasteiger partial charge in [-0.2, -0.15) is 0 Å². The van der Waals surface area contributed by atoms with Crippen LogP contribution in [0.25, 0.3) is 0 Å². The molecule has 0 amide bonds. The van der Waals surface area contributed by atoms with Crippen molar-refractivity contribution in [3.63, 3.8) is 0 Å². The minimum Gasteiger partial charge on any atom is -0.393 e. The lowest BCUT2D eigenvalue weighted by Crippen LogP contribution is -2.24. The van der Waals surface area contributed by atoms with Gasteiger partial charge < -0.3 is 5.11 Å². The monoisotopic (exact) mass is 298 g/mol. The standard InChI is InChI=1S/C15H23BrO/c1-11(15(2,3)4)9-14(17)10-12-5-7-13(16)8-6-12/h5-8,11,14,17H,9-10H2,1-4H3. The number of halogens is 1. The first-order chi connectivity index (χ1) is 7.79. The average molecular weight is 299 g/mol. The molecular formula is C15H23BrO. The van der Waals surface area contributed by atoms with E-state index in [1.807, 2.05) is 12.1 Å². The Morgan fingerprint density at radius 2 is 1.71 bits per heavy atom. The van der Waals surface area contributed by atoms with Crippen molar-refractivity contribution in [2.24, 2.45) is 11.3 Å². The predicted octanol–water partition coefficient (Wildman–Crippen LogP) is 4.42. The van der Waals surface area contributed by atoms with Gasteiger partial charge in [0.1, 0.15) is 0 Å². The van der Waals surface area contributed by atoms with Gasteiger partial charge in [0.05, 0.1) is 6.10 Å². The molecule has 0 bridgehead atoms. The molecule has 1 aromatic rings. The van der Waals surface area contributed by atoms with Crippen molar-refractivity contribution in [2.75, 3.05) is 0 Å². The second-order valence-corrected chi connectivity index (χ2v) is 6.90. The molecule has 0 aliphatic rings. The van der Waals surface area contributed by atoms with Gasteiger partial charge in [-0.25, -0.2) is 0 Å². The summed E-state index contributed by atoms with van der Waals surface area (Å²) in [4.78, 5) is 0. The molecular weight excluding hydrogens is 276 g/mol. The zero-order chi connectivity index (χ0) is 13.1. The van der Waals surface area contributed by atoms with E-state index in [1.165, 1.54) is 5.56 Å². The average Bonchev–Trinajstić information content (AvgIpc) is 2.20. The number of aliphatic hydroxyl groups excluding tert-OH is 1. The van der Waals surface area contributed by atoms with E-state index in [0.717, 1.165) is 17.3 Å². The van der Waals surface area contributed by atoms with E-state index in [1.54, 1.807) is 0 Å². The predicted molar refractivity (Wildman–Crippen MR) is 77.1 cm³/mol. The van der Waals surface area contributed by atoms with Crippen LogP contribution < -0.4 is 0 Å². The van der Waals surface area contributed by atoms with Crippen LogP contribution in [-0.2, 0) is 6.42 Å². The molecule has 1 aromatic carbocycles. The molecule has 0 heterocycles. The maximum atomic E-state index is 10.1. The lowest BCUT2D eigenvalue weighted by Gasteiger charge is -2.29. The number of aliphatic hydroxyl groups is 1. The maximum absolute atomic E-state index is 10.1. The first-order valence-corrected chi connectivity index (χ1v) is 7.01. The zero-order valence-corrected chi connectivity index (χ0v) is 12.8. The largest absolute Gasteiger partial charge is 0.393 e. The highest BCUT2D eigenvalue weighted by Crippen LogP contribution is 2.29. The Hall–Kier alpha value is -0.340. The summed E-state index contributed by atoms with van der Waals surface area (Å²) >= 11 is 3.42. The zero-order valence-electron chi connectivity index (χ0n) is 11.2. The molecule has 0 saturated heterocycles. The molecule has 96 valence electrons. The van der Waals surface area contributed by atoms with Crippen LogP contribution in [0.1, 0.15) is 39.7 Å². The Bertz CT molecular complexity index is 337. The highest BCUT2D eigenvalue weighted by atomic mass is 79.9. The fraction of sp³-hybridized carbons (Fsp3) is 0.600. The van der Waals surface area contributed by atoms with Crippen LogP contribution in [0.15, 0.2) is 28.7 Å². The Morgan fingerprint density at radius 1 is 1.18 bits per heavy atom. The third kappa shape index (κ3) is 5.22. The number of hydrogen-bond donors (Lipinski definition) is 1. The van der Waals surface area contributed by atoms with Gasteiger partial charge in [0, 0.05) is 4.47 Å². The van der Waals surface area contributed by atoms with E-state index in [2.05, 4.69) is 55.8 Å². The Labute approximate surface area is 113 Å². The van der Waals surface area contributed by atoms with Crippen molar-refractivity contribution in [1.29, 1.82) is 0 Å². The SMILES string of the molecule is CC(CC(O)Cc1ccc(Br)cc1)C(C)(C)C. The molecule has 1 rings (SSSR count). The Balaban J connectivity index is 2.50. The lowest BCUT2D eigenvalue weighted by molar-refractivity contribution is 0.110. The van der Waals surface area contributed by atoms with Crippen molar-refractivity contribution in [3.05, 3.63) is 34.3 Å². The second kappa shape index (κ2) is 6.01. The molecule has 1 nitrogen and oxygen atoms in total. The van der Waals surface area contributed by atoms with E-state index >= 15 is 0 Å². The first-order valence-electron chi connectivity index (χ1n) is 6.21. The van der Waals surface area contributed by atoms with Gasteiger partial charge in [-0.3, -0.25) is 0 Å². The fourth-order valence-corrected chi connectivity index (χ4v) is 2.00. The van der Waals surface area contributed by atoms with Gasteiger partial charge in [0.25, 0.3) is 0 Å². The lowest BCUT2D eigenvalue weighted by atomic mass is 9.78. The third-order valence-electron chi connectivity index (χ3n) is 3.49. The summed E-state index contributed by atoms with van der Waals surface area (Å²) in [5.41, 5.74) is 1.46. The van der Waals surface area contributed by atoms with Crippen LogP contribution in [0.3, 0.4) is 0 Å². The summed E-state index contributed by atoms with van der Waals surface area (Å²) in [5, 5.41) is 10.1. The smallest absolute Gasteiger partial charge is 0.0583 e. The summed E-state index contributed by atoms with van der Waals surface area (Å²) < 4.78 is 1.08. The van der Waals surface area contributed by atoms with Gasteiger partial charge in [-0.05, 0) is 41.9 Å². The van der Waals surface area contributed by atoms with Gasteiger partial charge in [0.15, 0.2) is 0 Å². The second-order valence-electron chi connectivity index (χ2n) is 5.99. The molecule has 0 aliphatic heterocycles. The molecule has 0 radical (unpaired) electrons. The highest BCUT2D eigenvalue weighted by molar-refractivity contribution is 9.10. The molecule has 0 spiro atoms. The van der Waals surface area contributed by atoms with Crippen LogP contribution in [0, 0.1) is 11.3 Å². The van der Waals surface area contributed by atoms with Crippen LogP contribution in [0.5, 0.6) is 0 Å². The Morgan fingerprint density at radius 3 is 2.18 bits per heavy atom. The van der Waals surface area contributed by atoms with E-state index in [4.69, 9.17) is 0 Å². The van der Waals surface area contributed by atoms with Crippen molar-refractivity contribution >= 4 is 15.9 Å². The number of benzene rings is 1. The summed E-state index contributed by atoms with van der Waals surface area (Å²) in [6.07, 6.45) is 1.36. The van der Waals surface area contributed by atoms with Crippen molar-refractivity contribution in [2.45, 2.75) is 46.6 Å². The summed E-state index contributed by atoms with van der Waals surface area (Å²) in [6.45, 7) is 8.89.